The molecule has 0 heterocycles. The second-order valence-corrected chi connectivity index (χ2v) is 20.6. The highest BCUT2D eigenvalue weighted by atomic mass is 16.6. The van der Waals surface area contributed by atoms with Crippen LogP contribution in [0.3, 0.4) is 0 Å². The van der Waals surface area contributed by atoms with Crippen LogP contribution in [0, 0.1) is 10.8 Å². The lowest BCUT2D eigenvalue weighted by Gasteiger charge is -2.36. The predicted molar refractivity (Wildman–Crippen MR) is 309 cm³/mol. The lowest BCUT2D eigenvalue weighted by Crippen LogP contribution is -2.48. The summed E-state index contributed by atoms with van der Waals surface area (Å²) in [6, 6.07) is -2.88. The maximum absolute atomic E-state index is 13.4. The Balaban J connectivity index is 1.94. The SMILES string of the molecule is CCCC(/N=C(\N)NC(=O)O)NC(=O)NCC(=O)OC1CC(C)(C)C(/C=C/C(C)=C/C=C/C(C)=C/C=C/C=C(C)/C=C/C=C(C)/C=C/C2=C(C)C(=O)C(OC(=O)CNC(=O)NC(CCCN=C(N)N)C(=O)O)CC2(C)C)=C(C)C1=O. The van der Waals surface area contributed by atoms with E-state index >= 15 is 0 Å². The Bertz CT molecular complexity index is 2720. The van der Waals surface area contributed by atoms with Gasteiger partial charge in [0, 0.05) is 19.4 Å². The molecule has 0 spiro atoms. The third-order valence-corrected chi connectivity index (χ3v) is 12.5. The van der Waals surface area contributed by atoms with Crippen LogP contribution in [0.15, 0.2) is 140 Å². The van der Waals surface area contributed by atoms with E-state index in [0.29, 0.717) is 30.4 Å². The zero-order chi connectivity index (χ0) is 60.3. The van der Waals surface area contributed by atoms with Crippen LogP contribution in [0.2, 0.25) is 0 Å². The minimum absolute atomic E-state index is 0.0514. The van der Waals surface area contributed by atoms with Crippen LogP contribution >= 0.6 is 0 Å². The van der Waals surface area contributed by atoms with E-state index in [1.807, 2.05) is 153 Å². The van der Waals surface area contributed by atoms with Crippen molar-refractivity contribution in [1.29, 1.82) is 0 Å². The summed E-state index contributed by atoms with van der Waals surface area (Å²) >= 11 is 0. The van der Waals surface area contributed by atoms with Gasteiger partial charge in [0.2, 0.25) is 0 Å². The number of ketones is 2. The highest BCUT2D eigenvalue weighted by Gasteiger charge is 2.41. The van der Waals surface area contributed by atoms with E-state index in [1.54, 1.807) is 13.8 Å². The van der Waals surface area contributed by atoms with E-state index in [4.69, 9.17) is 31.8 Å². The number of guanidine groups is 2. The van der Waals surface area contributed by atoms with Crippen molar-refractivity contribution < 1.29 is 58.0 Å². The van der Waals surface area contributed by atoms with Crippen LogP contribution in [0.5, 0.6) is 0 Å². The van der Waals surface area contributed by atoms with Crippen molar-refractivity contribution >= 4 is 59.5 Å². The molecule has 2 rings (SSSR count). The molecule has 5 amide bonds. The fraction of sp³-hybridized carbons (Fsp3) is 0.448. The Hall–Kier alpha value is -8.56. The number of carbonyl (C=O) groups excluding carboxylic acids is 6. The fourth-order valence-corrected chi connectivity index (χ4v) is 8.39. The van der Waals surface area contributed by atoms with Crippen molar-refractivity contribution in [3.63, 3.8) is 0 Å². The Kier molecular flexibility index (Phi) is 27.9. The molecule has 0 aromatic rings. The molecular formula is C58H82N10O12. The second-order valence-electron chi connectivity index (χ2n) is 20.6. The zero-order valence-electron chi connectivity index (χ0n) is 47.9. The molecule has 0 saturated heterocycles. The number of ether oxygens (including phenoxy) is 2. The minimum Gasteiger partial charge on any atom is -0.480 e. The highest BCUT2D eigenvalue weighted by molar-refractivity contribution is 6.02. The van der Waals surface area contributed by atoms with Gasteiger partial charge in [-0.25, -0.2) is 24.2 Å². The molecule has 22 nitrogen and oxygen atoms in total. The number of carboxylic acid groups (broad SMARTS) is 2. The Morgan fingerprint density at radius 3 is 1.50 bits per heavy atom. The van der Waals surface area contributed by atoms with Gasteiger partial charge < -0.3 is 58.2 Å². The van der Waals surface area contributed by atoms with Crippen molar-refractivity contribution in [2.24, 2.45) is 38.0 Å². The van der Waals surface area contributed by atoms with Crippen LogP contribution in [-0.2, 0) is 33.4 Å². The number of carbonyl (C=O) groups is 8. The van der Waals surface area contributed by atoms with E-state index in [2.05, 4.69) is 31.3 Å². The molecule has 80 heavy (non-hydrogen) atoms. The van der Waals surface area contributed by atoms with Gasteiger partial charge in [0.1, 0.15) is 25.3 Å². The molecule has 0 aromatic carbocycles. The van der Waals surface area contributed by atoms with Crippen molar-refractivity contribution in [2.75, 3.05) is 19.6 Å². The zero-order valence-corrected chi connectivity index (χ0v) is 47.9. The van der Waals surface area contributed by atoms with E-state index in [9.17, 15) is 43.5 Å². The van der Waals surface area contributed by atoms with Crippen molar-refractivity contribution in [3.05, 3.63) is 130 Å². The first-order chi connectivity index (χ1) is 37.5. The Labute approximate surface area is 469 Å². The van der Waals surface area contributed by atoms with Crippen LogP contribution in [0.25, 0.3) is 0 Å². The number of hydrogen-bond donors (Lipinski definition) is 10. The molecular weight excluding hydrogens is 1030 g/mol. The number of allylic oxidation sites excluding steroid dienone is 20. The summed E-state index contributed by atoms with van der Waals surface area (Å²) < 4.78 is 11.0. The monoisotopic (exact) mass is 1110 g/mol. The highest BCUT2D eigenvalue weighted by Crippen LogP contribution is 2.42. The predicted octanol–water partition coefficient (Wildman–Crippen LogP) is 6.82. The molecule has 2 aliphatic carbocycles. The maximum Gasteiger partial charge on any atom is 0.411 e. The Morgan fingerprint density at radius 2 is 1.09 bits per heavy atom. The molecule has 436 valence electrons. The average molecular weight is 1110 g/mol. The quantitative estimate of drug-likeness (QED) is 0.0140. The normalized spacial score (nSPS) is 19.2. The number of nitrogens with one attached hydrogen (secondary N) is 5. The van der Waals surface area contributed by atoms with Crippen molar-refractivity contribution in [3.8, 4) is 0 Å². The van der Waals surface area contributed by atoms with Crippen LogP contribution in [-0.4, -0.2) is 114 Å². The summed E-state index contributed by atoms with van der Waals surface area (Å²) in [5, 5.41) is 29.6. The summed E-state index contributed by atoms with van der Waals surface area (Å²) in [6.07, 6.45) is 24.7. The number of aliphatic carboxylic acids is 1. The van der Waals surface area contributed by atoms with Crippen molar-refractivity contribution in [2.45, 2.75) is 139 Å². The molecule has 0 bridgehead atoms. The third-order valence-electron chi connectivity index (χ3n) is 12.5. The van der Waals surface area contributed by atoms with Gasteiger partial charge in [-0.05, 0) is 93.9 Å². The molecule has 4 atom stereocenters. The number of nitrogens with two attached hydrogens (primary N) is 3. The summed E-state index contributed by atoms with van der Waals surface area (Å²) in [7, 11) is 0. The van der Waals surface area contributed by atoms with Gasteiger partial charge >= 0.3 is 36.1 Å². The van der Waals surface area contributed by atoms with E-state index < -0.39 is 90.4 Å². The summed E-state index contributed by atoms with van der Waals surface area (Å²) in [5.41, 5.74) is 21.5. The number of Topliss-reactive ketones (excluding diaryl/α,β-unsaturated/α-hetero) is 2. The number of hydrogen-bond acceptors (Lipinski definition) is 12. The van der Waals surface area contributed by atoms with Gasteiger partial charge in [-0.1, -0.05) is 148 Å². The molecule has 13 N–H and O–H groups in total. The van der Waals surface area contributed by atoms with E-state index in [0.717, 1.165) is 33.4 Å². The Morgan fingerprint density at radius 1 is 0.662 bits per heavy atom. The van der Waals surface area contributed by atoms with Gasteiger partial charge in [-0.2, -0.15) is 0 Å². The van der Waals surface area contributed by atoms with Gasteiger partial charge in [0.05, 0.1) is 0 Å². The molecule has 0 saturated carbocycles. The lowest BCUT2D eigenvalue weighted by molar-refractivity contribution is -0.155. The number of esters is 2. The van der Waals surface area contributed by atoms with Gasteiger partial charge in [-0.3, -0.25) is 29.5 Å². The number of nitrogens with zero attached hydrogens (tertiary/aromatic N) is 2. The molecule has 0 aromatic heterocycles. The first kappa shape index (κ1) is 67.5. The average Bonchev–Trinajstić information content (AvgIpc) is 3.35. The maximum atomic E-state index is 13.4. The van der Waals surface area contributed by atoms with Gasteiger partial charge in [0.25, 0.3) is 0 Å². The number of rotatable bonds is 26. The molecule has 0 radical (unpaired) electrons. The van der Waals surface area contributed by atoms with Crippen LogP contribution in [0.1, 0.15) is 115 Å². The summed E-state index contributed by atoms with van der Waals surface area (Å²) in [6.45, 7) is 20.0. The number of urea groups is 2. The lowest BCUT2D eigenvalue weighted by atomic mass is 9.71. The van der Waals surface area contributed by atoms with Crippen LogP contribution in [0.4, 0.5) is 14.4 Å². The number of carboxylic acids is 1. The van der Waals surface area contributed by atoms with Gasteiger partial charge in [-0.15, -0.1) is 0 Å². The first-order valence-corrected chi connectivity index (χ1v) is 26.1. The molecule has 22 heteroatoms. The summed E-state index contributed by atoms with van der Waals surface area (Å²) in [4.78, 5) is 107. The molecule has 0 fully saturated rings. The van der Waals surface area contributed by atoms with Crippen LogP contribution < -0.4 is 43.8 Å². The van der Waals surface area contributed by atoms with Gasteiger partial charge in [0.15, 0.2) is 35.7 Å². The largest absolute Gasteiger partial charge is 0.480 e. The second kappa shape index (κ2) is 33.0. The first-order valence-electron chi connectivity index (χ1n) is 26.1. The topological polar surface area (TPSA) is 358 Å². The van der Waals surface area contributed by atoms with E-state index in [-0.39, 0.29) is 43.3 Å². The number of aliphatic imine (C=N–C) groups is 2. The minimum atomic E-state index is -1.40. The third kappa shape index (κ3) is 24.8. The molecule has 2 aliphatic rings. The smallest absolute Gasteiger partial charge is 0.411 e. The fourth-order valence-electron chi connectivity index (χ4n) is 8.39. The standard InChI is InChI=1S/C58H82N10O12/c1-12-18-46(66-53(61)68-56(77)78)67-55(76)64-34-48(70)80-45-32-58(10,11)42(40(7)50(45)72)29-27-38(5)24-16-22-36(3)20-14-13-19-35(2)21-15-23-37(4)26-28-41-39(6)49(71)44(31-57(41,8)9)79-47(69)33-63-54(75)65-43(51(73)74)25-17-30-62-52(59)60/h13-16,19-24,26-29,43-46H,12,17-18,25,30-34H2,1-11H3,(H,73,74)(H,77,78)(H4,59,60,62)(H3,61,66,68)(H2,63,65,75)(H2,64,67,76)/b14-13+,21-15+,22-16+,28-26+,29-27+,35-19+,36-20+,37-23+,38-24+. The molecule has 4 unspecified atom stereocenters. The van der Waals surface area contributed by atoms with Crippen molar-refractivity contribution in [1.82, 2.24) is 26.6 Å². The molecule has 0 aliphatic heterocycles. The number of amides is 5. The van der Waals surface area contributed by atoms with E-state index in [1.165, 1.54) is 0 Å². The summed E-state index contributed by atoms with van der Waals surface area (Å²) in [5.74, 6) is -4.11.